The van der Waals surface area contributed by atoms with E-state index in [1.54, 1.807) is 0 Å². The van der Waals surface area contributed by atoms with Gasteiger partial charge in [0.2, 0.25) is 0 Å². The molecule has 0 spiro atoms. The third kappa shape index (κ3) is 1.23. The molecule has 1 heterocycles. The molecule has 1 N–H and O–H groups in total. The first-order valence-corrected chi connectivity index (χ1v) is 3.78. The number of hydrogen-bond donors (Lipinski definition) is 1. The van der Waals surface area contributed by atoms with E-state index in [1.807, 2.05) is 0 Å². The van der Waals surface area contributed by atoms with Gasteiger partial charge in [0.25, 0.3) is 0 Å². The molecule has 58 valence electrons. The molecule has 0 amide bonds. The molecule has 0 aliphatic carbocycles. The van der Waals surface area contributed by atoms with Crippen molar-refractivity contribution in [3.8, 4) is 0 Å². The Morgan fingerprint density at radius 3 is 2.80 bits per heavy atom. The largest absolute Gasteiger partial charge is 0.347 e. The highest BCUT2D eigenvalue weighted by Crippen LogP contribution is 1.92. The highest BCUT2D eigenvalue weighted by Gasteiger charge is 2.21. The summed E-state index contributed by atoms with van der Waals surface area (Å²) in [5.74, 6) is 1.25. The molecular formula is C7H16N3+. The second-order valence-electron chi connectivity index (χ2n) is 2.70. The molecule has 3 nitrogen and oxygen atoms in total. The SMILES string of the molecule is CCNC1=[N+](C)CCN1C. The quantitative estimate of drug-likeness (QED) is 0.499. The van der Waals surface area contributed by atoms with E-state index in [0.29, 0.717) is 0 Å². The summed E-state index contributed by atoms with van der Waals surface area (Å²) >= 11 is 0. The zero-order valence-corrected chi connectivity index (χ0v) is 7.02. The second kappa shape index (κ2) is 2.90. The van der Waals surface area contributed by atoms with Crippen molar-refractivity contribution in [3.05, 3.63) is 0 Å². The van der Waals surface area contributed by atoms with E-state index in [-0.39, 0.29) is 0 Å². The zero-order chi connectivity index (χ0) is 7.56. The first-order valence-electron chi connectivity index (χ1n) is 3.78. The Hall–Kier alpha value is -0.730. The number of nitrogens with one attached hydrogen (secondary N) is 1. The molecule has 1 aliphatic rings. The monoisotopic (exact) mass is 142 g/mol. The normalized spacial score (nSPS) is 18.5. The summed E-state index contributed by atoms with van der Waals surface area (Å²) in [6.07, 6.45) is 0. The molecule has 0 unspecified atom stereocenters. The highest BCUT2D eigenvalue weighted by molar-refractivity contribution is 5.75. The summed E-state index contributed by atoms with van der Waals surface area (Å²) in [6, 6.07) is 0. The van der Waals surface area contributed by atoms with Gasteiger partial charge < -0.3 is 0 Å². The fourth-order valence-electron chi connectivity index (χ4n) is 1.23. The number of rotatable bonds is 1. The van der Waals surface area contributed by atoms with Crippen LogP contribution in [0.5, 0.6) is 0 Å². The molecule has 0 aromatic heterocycles. The van der Waals surface area contributed by atoms with Crippen molar-refractivity contribution in [2.45, 2.75) is 6.92 Å². The van der Waals surface area contributed by atoms with E-state index in [0.717, 1.165) is 19.6 Å². The molecule has 0 aromatic carbocycles. The minimum absolute atomic E-state index is 1.00. The predicted molar refractivity (Wildman–Crippen MR) is 42.4 cm³/mol. The van der Waals surface area contributed by atoms with E-state index in [9.17, 15) is 0 Å². The second-order valence-corrected chi connectivity index (χ2v) is 2.70. The molecule has 0 fully saturated rings. The highest BCUT2D eigenvalue weighted by atomic mass is 15.4. The summed E-state index contributed by atoms with van der Waals surface area (Å²) in [5, 5.41) is 3.31. The van der Waals surface area contributed by atoms with Crippen LogP contribution in [0.4, 0.5) is 0 Å². The standard InChI is InChI=1S/C7H15N3/c1-4-8-7-9(2)5-6-10(7)3/h4-6H2,1-3H3/p+1. The molecule has 0 radical (unpaired) electrons. The van der Waals surface area contributed by atoms with Gasteiger partial charge in [0.1, 0.15) is 0 Å². The van der Waals surface area contributed by atoms with Crippen LogP contribution in [0.15, 0.2) is 0 Å². The number of likely N-dealkylation sites (N-methyl/N-ethyl adjacent to an activating group) is 2. The van der Waals surface area contributed by atoms with Crippen LogP contribution in [0.3, 0.4) is 0 Å². The third-order valence-corrected chi connectivity index (χ3v) is 1.83. The summed E-state index contributed by atoms with van der Waals surface area (Å²) < 4.78 is 2.24. The first kappa shape index (κ1) is 7.38. The molecule has 0 bridgehead atoms. The Labute approximate surface area is 62.3 Å². The summed E-state index contributed by atoms with van der Waals surface area (Å²) in [6.45, 7) is 5.40. The van der Waals surface area contributed by atoms with Crippen LogP contribution in [0.25, 0.3) is 0 Å². The fraction of sp³-hybridized carbons (Fsp3) is 0.857. The van der Waals surface area contributed by atoms with E-state index in [1.165, 1.54) is 5.96 Å². The lowest BCUT2D eigenvalue weighted by molar-refractivity contribution is -0.488. The molecule has 10 heavy (non-hydrogen) atoms. The summed E-state index contributed by atoms with van der Waals surface area (Å²) in [7, 11) is 4.23. The Morgan fingerprint density at radius 1 is 1.70 bits per heavy atom. The van der Waals surface area contributed by atoms with Crippen molar-refractivity contribution in [2.24, 2.45) is 0 Å². The van der Waals surface area contributed by atoms with Gasteiger partial charge in [0.05, 0.1) is 33.7 Å². The lowest BCUT2D eigenvalue weighted by atomic mass is 10.6. The van der Waals surface area contributed by atoms with Crippen LogP contribution in [0.1, 0.15) is 6.92 Å². The summed E-state index contributed by atoms with van der Waals surface area (Å²) in [4.78, 5) is 2.24. The average molecular weight is 142 g/mol. The molecule has 0 saturated heterocycles. The molecule has 0 aromatic rings. The van der Waals surface area contributed by atoms with Crippen molar-refractivity contribution in [1.29, 1.82) is 0 Å². The zero-order valence-electron chi connectivity index (χ0n) is 7.02. The molecular weight excluding hydrogens is 126 g/mol. The maximum atomic E-state index is 3.31. The van der Waals surface area contributed by atoms with Crippen molar-refractivity contribution < 1.29 is 4.58 Å². The van der Waals surface area contributed by atoms with E-state index < -0.39 is 0 Å². The maximum absolute atomic E-state index is 3.31. The molecule has 0 atom stereocenters. The molecule has 0 saturated carbocycles. The van der Waals surface area contributed by atoms with E-state index >= 15 is 0 Å². The predicted octanol–water partition coefficient (Wildman–Crippen LogP) is -0.460. The van der Waals surface area contributed by atoms with Crippen molar-refractivity contribution in [1.82, 2.24) is 10.2 Å². The van der Waals surface area contributed by atoms with Crippen LogP contribution in [-0.4, -0.2) is 49.2 Å². The lowest BCUT2D eigenvalue weighted by Gasteiger charge is -2.06. The van der Waals surface area contributed by atoms with Gasteiger partial charge in [0.15, 0.2) is 0 Å². The third-order valence-electron chi connectivity index (χ3n) is 1.83. The Balaban J connectivity index is 2.59. The van der Waals surface area contributed by atoms with Crippen LogP contribution in [0, 0.1) is 0 Å². The van der Waals surface area contributed by atoms with Gasteiger partial charge in [-0.05, 0) is 6.92 Å². The van der Waals surface area contributed by atoms with E-state index in [4.69, 9.17) is 0 Å². The number of guanidine groups is 1. The summed E-state index contributed by atoms with van der Waals surface area (Å²) in [5.41, 5.74) is 0. The minimum Gasteiger partial charge on any atom is -0.278 e. The average Bonchev–Trinajstić information content (AvgIpc) is 2.20. The number of hydrogen-bond acceptors (Lipinski definition) is 2. The lowest BCUT2D eigenvalue weighted by Crippen LogP contribution is -2.38. The minimum atomic E-state index is 1.00. The van der Waals surface area contributed by atoms with Gasteiger partial charge in [-0.25, -0.2) is 0 Å². The van der Waals surface area contributed by atoms with Gasteiger partial charge in [-0.15, -0.1) is 0 Å². The maximum Gasteiger partial charge on any atom is 0.347 e. The van der Waals surface area contributed by atoms with Crippen molar-refractivity contribution in [2.75, 3.05) is 33.7 Å². The fourth-order valence-corrected chi connectivity index (χ4v) is 1.23. The van der Waals surface area contributed by atoms with E-state index in [2.05, 4.69) is 35.8 Å². The van der Waals surface area contributed by atoms with Gasteiger partial charge >= 0.3 is 5.96 Å². The smallest absolute Gasteiger partial charge is 0.278 e. The van der Waals surface area contributed by atoms with Crippen LogP contribution in [-0.2, 0) is 0 Å². The van der Waals surface area contributed by atoms with Crippen LogP contribution >= 0.6 is 0 Å². The van der Waals surface area contributed by atoms with Gasteiger partial charge in [-0.3, -0.25) is 14.8 Å². The van der Waals surface area contributed by atoms with Crippen LogP contribution in [0.2, 0.25) is 0 Å². The van der Waals surface area contributed by atoms with Crippen LogP contribution < -0.4 is 5.32 Å². The van der Waals surface area contributed by atoms with Gasteiger partial charge in [-0.1, -0.05) is 0 Å². The van der Waals surface area contributed by atoms with Gasteiger partial charge in [-0.2, -0.15) is 0 Å². The molecule has 3 heteroatoms. The van der Waals surface area contributed by atoms with Gasteiger partial charge in [0, 0.05) is 0 Å². The topological polar surface area (TPSA) is 18.3 Å². The first-order chi connectivity index (χ1) is 4.75. The molecule has 1 aliphatic heterocycles. The number of nitrogens with zero attached hydrogens (tertiary/aromatic N) is 2. The van der Waals surface area contributed by atoms with Crippen molar-refractivity contribution in [3.63, 3.8) is 0 Å². The van der Waals surface area contributed by atoms with Crippen molar-refractivity contribution >= 4 is 5.96 Å². The Bertz CT molecular complexity index is 151. The Kier molecular flexibility index (Phi) is 2.14. The Morgan fingerprint density at radius 2 is 2.40 bits per heavy atom. The molecule has 1 rings (SSSR count).